The number of thiophene rings is 1. The largest absolute Gasteiger partial charge is 0.308 e. The number of rotatable bonds is 6. The van der Waals surface area contributed by atoms with Crippen LogP contribution >= 0.6 is 38.9 Å². The van der Waals surface area contributed by atoms with Crippen LogP contribution in [0.5, 0.6) is 0 Å². The third-order valence-electron chi connectivity index (χ3n) is 2.92. The summed E-state index contributed by atoms with van der Waals surface area (Å²) in [5, 5.41) is 3.48. The zero-order valence-electron chi connectivity index (χ0n) is 11.6. The highest BCUT2D eigenvalue weighted by Gasteiger charge is 2.06. The van der Waals surface area contributed by atoms with Gasteiger partial charge in [0.2, 0.25) is 0 Å². The smallest absolute Gasteiger partial charge is 0.107 e. The molecule has 0 unspecified atom stereocenters. The molecule has 20 heavy (non-hydrogen) atoms. The summed E-state index contributed by atoms with van der Waals surface area (Å²) in [5.41, 5.74) is 2.72. The molecule has 0 fully saturated rings. The Bertz CT molecular complexity index is 549. The molecule has 0 aliphatic carbocycles. The van der Waals surface area contributed by atoms with Gasteiger partial charge in [-0.05, 0) is 47.2 Å². The lowest BCUT2D eigenvalue weighted by Gasteiger charge is -2.14. The molecular weight excluding hydrogens is 356 g/mol. The molecule has 5 heteroatoms. The minimum absolute atomic E-state index is 0.815. The van der Waals surface area contributed by atoms with Gasteiger partial charge >= 0.3 is 0 Å². The van der Waals surface area contributed by atoms with E-state index in [1.807, 2.05) is 0 Å². The maximum absolute atomic E-state index is 6.05. The summed E-state index contributed by atoms with van der Waals surface area (Å²) < 4.78 is 1.80. The van der Waals surface area contributed by atoms with E-state index in [0.717, 1.165) is 28.4 Å². The molecule has 0 aliphatic rings. The Morgan fingerprint density at radius 2 is 1.90 bits per heavy atom. The van der Waals surface area contributed by atoms with Crippen LogP contribution in [0.2, 0.25) is 4.34 Å². The topological polar surface area (TPSA) is 15.3 Å². The van der Waals surface area contributed by atoms with E-state index < -0.39 is 0 Å². The Morgan fingerprint density at radius 3 is 2.50 bits per heavy atom. The van der Waals surface area contributed by atoms with Crippen LogP contribution in [-0.4, -0.2) is 19.0 Å². The second kappa shape index (κ2) is 7.57. The molecular formula is C15H18BrClN2S. The average Bonchev–Trinajstić information content (AvgIpc) is 2.70. The van der Waals surface area contributed by atoms with Crippen molar-refractivity contribution in [2.24, 2.45) is 0 Å². The van der Waals surface area contributed by atoms with Gasteiger partial charge in [-0.1, -0.05) is 35.9 Å². The van der Waals surface area contributed by atoms with Crippen LogP contribution in [0.4, 0.5) is 0 Å². The van der Waals surface area contributed by atoms with Gasteiger partial charge in [0, 0.05) is 29.0 Å². The normalized spacial score (nSPS) is 11.2. The summed E-state index contributed by atoms with van der Waals surface area (Å²) in [7, 11) is 4.19. The van der Waals surface area contributed by atoms with Crippen LogP contribution in [0.1, 0.15) is 16.0 Å². The highest BCUT2D eigenvalue weighted by Crippen LogP contribution is 2.31. The number of hydrogen-bond donors (Lipinski definition) is 1. The quantitative estimate of drug-likeness (QED) is 0.801. The molecule has 2 rings (SSSR count). The highest BCUT2D eigenvalue weighted by molar-refractivity contribution is 9.10. The zero-order valence-corrected chi connectivity index (χ0v) is 14.8. The summed E-state index contributed by atoms with van der Waals surface area (Å²) in [6.45, 7) is 2.68. The maximum Gasteiger partial charge on any atom is 0.107 e. The average molecular weight is 374 g/mol. The standard InChI is InChI=1S/C15H18BrClN2S/c1-19(2)10-12-6-4-3-5-11(12)8-18-9-13-7-14(16)15(17)20-13/h3-7,18H,8-10H2,1-2H3. The fourth-order valence-corrected chi connectivity index (χ4v) is 3.78. The predicted molar refractivity (Wildman–Crippen MR) is 91.4 cm³/mol. The van der Waals surface area contributed by atoms with Gasteiger partial charge in [0.25, 0.3) is 0 Å². The van der Waals surface area contributed by atoms with Crippen molar-refractivity contribution in [2.45, 2.75) is 19.6 Å². The molecule has 1 aromatic carbocycles. The number of nitrogens with one attached hydrogen (secondary N) is 1. The summed E-state index contributed by atoms with van der Waals surface area (Å²) in [5.74, 6) is 0. The maximum atomic E-state index is 6.05. The number of benzene rings is 1. The Labute approximate surface area is 137 Å². The Kier molecular flexibility index (Phi) is 6.05. The Hall–Kier alpha value is -0.390. The molecule has 0 saturated heterocycles. The van der Waals surface area contributed by atoms with Gasteiger partial charge in [0.05, 0.1) is 0 Å². The van der Waals surface area contributed by atoms with Gasteiger partial charge < -0.3 is 10.2 Å². The van der Waals surface area contributed by atoms with Crippen molar-refractivity contribution in [2.75, 3.05) is 14.1 Å². The molecule has 0 aliphatic heterocycles. The van der Waals surface area contributed by atoms with E-state index in [2.05, 4.69) is 70.6 Å². The van der Waals surface area contributed by atoms with E-state index >= 15 is 0 Å². The van der Waals surface area contributed by atoms with Crippen LogP contribution in [0.15, 0.2) is 34.8 Å². The van der Waals surface area contributed by atoms with Gasteiger partial charge in [-0.15, -0.1) is 11.3 Å². The van der Waals surface area contributed by atoms with Crippen molar-refractivity contribution >= 4 is 38.9 Å². The summed E-state index contributed by atoms with van der Waals surface area (Å²) in [6, 6.07) is 10.6. The SMILES string of the molecule is CN(C)Cc1ccccc1CNCc1cc(Br)c(Cl)s1. The van der Waals surface area contributed by atoms with E-state index in [0.29, 0.717) is 0 Å². The number of nitrogens with zero attached hydrogens (tertiary/aromatic N) is 1. The lowest BCUT2D eigenvalue weighted by Crippen LogP contribution is -2.16. The molecule has 0 amide bonds. The highest BCUT2D eigenvalue weighted by atomic mass is 79.9. The second-order valence-corrected chi connectivity index (χ2v) is 7.54. The van der Waals surface area contributed by atoms with Crippen LogP contribution < -0.4 is 5.32 Å². The number of hydrogen-bond acceptors (Lipinski definition) is 3. The molecule has 1 N–H and O–H groups in total. The van der Waals surface area contributed by atoms with E-state index in [1.165, 1.54) is 16.0 Å². The molecule has 0 radical (unpaired) electrons. The van der Waals surface area contributed by atoms with Crippen molar-refractivity contribution in [1.82, 2.24) is 10.2 Å². The molecule has 2 aromatic rings. The molecule has 1 aromatic heterocycles. The third kappa shape index (κ3) is 4.57. The lowest BCUT2D eigenvalue weighted by atomic mass is 10.1. The number of halogens is 2. The van der Waals surface area contributed by atoms with Gasteiger partial charge in [0.15, 0.2) is 0 Å². The molecule has 108 valence electrons. The van der Waals surface area contributed by atoms with E-state index in [-0.39, 0.29) is 0 Å². The van der Waals surface area contributed by atoms with Gasteiger partial charge in [0.1, 0.15) is 4.34 Å². The van der Waals surface area contributed by atoms with Crippen molar-refractivity contribution in [3.05, 3.63) is 55.1 Å². The van der Waals surface area contributed by atoms with Gasteiger partial charge in [-0.3, -0.25) is 0 Å². The molecule has 1 heterocycles. The van der Waals surface area contributed by atoms with Crippen molar-refractivity contribution in [3.8, 4) is 0 Å². The lowest BCUT2D eigenvalue weighted by molar-refractivity contribution is 0.400. The van der Waals surface area contributed by atoms with Crippen molar-refractivity contribution < 1.29 is 0 Å². The third-order valence-corrected chi connectivity index (χ3v) is 5.39. The summed E-state index contributed by atoms with van der Waals surface area (Å²) >= 11 is 11.1. The first-order valence-electron chi connectivity index (χ1n) is 6.42. The first-order valence-corrected chi connectivity index (χ1v) is 8.41. The van der Waals surface area contributed by atoms with Crippen LogP contribution in [0.25, 0.3) is 0 Å². The molecule has 0 spiro atoms. The molecule has 0 atom stereocenters. The van der Waals surface area contributed by atoms with Gasteiger partial charge in [-0.25, -0.2) is 0 Å². The second-order valence-electron chi connectivity index (χ2n) is 4.94. The van der Waals surface area contributed by atoms with E-state index in [9.17, 15) is 0 Å². The van der Waals surface area contributed by atoms with Crippen LogP contribution in [-0.2, 0) is 19.6 Å². The van der Waals surface area contributed by atoms with E-state index in [4.69, 9.17) is 11.6 Å². The molecule has 2 nitrogen and oxygen atoms in total. The first-order chi connectivity index (χ1) is 9.56. The summed E-state index contributed by atoms with van der Waals surface area (Å²) in [4.78, 5) is 3.43. The van der Waals surface area contributed by atoms with E-state index in [1.54, 1.807) is 11.3 Å². The molecule has 0 saturated carbocycles. The zero-order chi connectivity index (χ0) is 14.5. The Morgan fingerprint density at radius 1 is 1.20 bits per heavy atom. The van der Waals surface area contributed by atoms with Crippen molar-refractivity contribution in [1.29, 1.82) is 0 Å². The molecule has 0 bridgehead atoms. The first kappa shape index (κ1) is 16.0. The van der Waals surface area contributed by atoms with Gasteiger partial charge in [-0.2, -0.15) is 0 Å². The van der Waals surface area contributed by atoms with Crippen LogP contribution in [0, 0.1) is 0 Å². The Balaban J connectivity index is 1.93. The monoisotopic (exact) mass is 372 g/mol. The predicted octanol–water partition coefficient (Wildman–Crippen LogP) is 4.52. The minimum atomic E-state index is 0.815. The summed E-state index contributed by atoms with van der Waals surface area (Å²) in [6.07, 6.45) is 0. The minimum Gasteiger partial charge on any atom is -0.308 e. The fraction of sp³-hybridized carbons (Fsp3) is 0.333. The van der Waals surface area contributed by atoms with Crippen LogP contribution in [0.3, 0.4) is 0 Å². The fourth-order valence-electron chi connectivity index (χ4n) is 2.02. The van der Waals surface area contributed by atoms with Crippen molar-refractivity contribution in [3.63, 3.8) is 0 Å².